The summed E-state index contributed by atoms with van der Waals surface area (Å²) in [7, 11) is 0. The second-order valence-corrected chi connectivity index (χ2v) is 7.28. The molecule has 0 radical (unpaired) electrons. The molecule has 9 heteroatoms. The van der Waals surface area contributed by atoms with Crippen molar-refractivity contribution in [2.75, 3.05) is 5.32 Å². The Bertz CT molecular complexity index is 1130. The summed E-state index contributed by atoms with van der Waals surface area (Å²) in [6.07, 6.45) is 0. The average Bonchev–Trinajstić information content (AvgIpc) is 3.15. The van der Waals surface area contributed by atoms with Crippen LogP contribution >= 0.6 is 35.4 Å². The van der Waals surface area contributed by atoms with Gasteiger partial charge < -0.3 is 14.8 Å². The standard InChI is InChI=1S/C20H14Cl2N2O4S/c1-10-2-3-11(19(26)27)8-15(10)23-20(29)24-18(25)17-7-6-16(28-17)13-9-12(21)4-5-14(13)22/h2-9H,1H3,(H,26,27)(H2,23,24,25,29). The van der Waals surface area contributed by atoms with Crippen LogP contribution in [-0.4, -0.2) is 22.1 Å². The number of carboxylic acid groups (broad SMARTS) is 1. The molecule has 0 aliphatic carbocycles. The normalized spacial score (nSPS) is 10.4. The van der Waals surface area contributed by atoms with Crippen molar-refractivity contribution in [1.29, 1.82) is 0 Å². The molecule has 0 aliphatic heterocycles. The molecule has 0 bridgehead atoms. The van der Waals surface area contributed by atoms with E-state index < -0.39 is 11.9 Å². The van der Waals surface area contributed by atoms with E-state index in [1.165, 1.54) is 18.2 Å². The zero-order chi connectivity index (χ0) is 21.1. The van der Waals surface area contributed by atoms with Gasteiger partial charge in [0.1, 0.15) is 5.76 Å². The number of nitrogens with one attached hydrogen (secondary N) is 2. The van der Waals surface area contributed by atoms with Gasteiger partial charge in [-0.25, -0.2) is 4.79 Å². The number of furan rings is 1. The number of carboxylic acids is 1. The van der Waals surface area contributed by atoms with Gasteiger partial charge in [0.05, 0.1) is 10.6 Å². The molecule has 29 heavy (non-hydrogen) atoms. The number of halogens is 2. The number of thiocarbonyl (C=S) groups is 1. The Labute approximate surface area is 181 Å². The summed E-state index contributed by atoms with van der Waals surface area (Å²) >= 11 is 17.3. The van der Waals surface area contributed by atoms with Crippen LogP contribution in [0.25, 0.3) is 11.3 Å². The second-order valence-electron chi connectivity index (χ2n) is 6.03. The largest absolute Gasteiger partial charge is 0.478 e. The summed E-state index contributed by atoms with van der Waals surface area (Å²) in [5, 5.41) is 15.3. The lowest BCUT2D eigenvalue weighted by Crippen LogP contribution is -2.34. The van der Waals surface area contributed by atoms with Crippen molar-refractivity contribution in [3.8, 4) is 11.3 Å². The number of carbonyl (C=O) groups is 2. The molecule has 0 saturated heterocycles. The minimum atomic E-state index is -1.06. The van der Waals surface area contributed by atoms with Crippen LogP contribution in [0.3, 0.4) is 0 Å². The highest BCUT2D eigenvalue weighted by atomic mass is 35.5. The van der Waals surface area contributed by atoms with Gasteiger partial charge in [-0.2, -0.15) is 0 Å². The minimum absolute atomic E-state index is 0.000577. The molecule has 0 aliphatic rings. The van der Waals surface area contributed by atoms with Gasteiger partial charge in [0.15, 0.2) is 10.9 Å². The number of hydrogen-bond donors (Lipinski definition) is 3. The molecule has 6 nitrogen and oxygen atoms in total. The molecule has 3 N–H and O–H groups in total. The maximum Gasteiger partial charge on any atom is 0.335 e. The van der Waals surface area contributed by atoms with E-state index in [4.69, 9.17) is 44.9 Å². The van der Waals surface area contributed by atoms with E-state index in [9.17, 15) is 9.59 Å². The highest BCUT2D eigenvalue weighted by Gasteiger charge is 2.16. The molecule has 0 atom stereocenters. The first-order chi connectivity index (χ1) is 13.7. The number of amides is 1. The smallest absolute Gasteiger partial charge is 0.335 e. The first-order valence-electron chi connectivity index (χ1n) is 8.26. The molecular formula is C20H14Cl2N2O4S. The van der Waals surface area contributed by atoms with E-state index in [1.807, 2.05) is 0 Å². The van der Waals surface area contributed by atoms with E-state index in [-0.39, 0.29) is 16.4 Å². The first kappa shape index (κ1) is 20.9. The van der Waals surface area contributed by atoms with Gasteiger partial charge in [-0.15, -0.1) is 0 Å². The van der Waals surface area contributed by atoms with E-state index in [0.29, 0.717) is 27.1 Å². The number of hydrogen-bond acceptors (Lipinski definition) is 4. The van der Waals surface area contributed by atoms with Crippen molar-refractivity contribution in [1.82, 2.24) is 5.32 Å². The van der Waals surface area contributed by atoms with Gasteiger partial charge in [0, 0.05) is 16.3 Å². The molecule has 0 spiro atoms. The fourth-order valence-electron chi connectivity index (χ4n) is 2.50. The summed E-state index contributed by atoms with van der Waals surface area (Å²) in [6, 6.07) is 12.6. The quantitative estimate of drug-likeness (QED) is 0.463. The van der Waals surface area contributed by atoms with E-state index in [2.05, 4.69) is 10.6 Å². The van der Waals surface area contributed by atoms with Crippen LogP contribution in [0.5, 0.6) is 0 Å². The molecule has 2 aromatic carbocycles. The van der Waals surface area contributed by atoms with E-state index in [1.54, 1.807) is 37.3 Å². The third-order valence-corrected chi connectivity index (χ3v) is 4.75. The molecule has 1 heterocycles. The highest BCUT2D eigenvalue weighted by Crippen LogP contribution is 2.31. The minimum Gasteiger partial charge on any atom is -0.478 e. The monoisotopic (exact) mass is 448 g/mol. The molecule has 3 aromatic rings. The van der Waals surface area contributed by atoms with Gasteiger partial charge in [0.2, 0.25) is 0 Å². The molecule has 1 amide bonds. The lowest BCUT2D eigenvalue weighted by Gasteiger charge is -2.11. The molecular weight excluding hydrogens is 435 g/mol. The van der Waals surface area contributed by atoms with Crippen molar-refractivity contribution in [3.63, 3.8) is 0 Å². The van der Waals surface area contributed by atoms with Crippen LogP contribution in [0.4, 0.5) is 5.69 Å². The predicted molar refractivity (Wildman–Crippen MR) is 116 cm³/mol. The van der Waals surface area contributed by atoms with Crippen LogP contribution in [0, 0.1) is 6.92 Å². The Balaban J connectivity index is 1.72. The number of aryl methyl sites for hydroxylation is 1. The lowest BCUT2D eigenvalue weighted by atomic mass is 10.1. The van der Waals surface area contributed by atoms with Crippen molar-refractivity contribution >= 4 is 58.1 Å². The topological polar surface area (TPSA) is 91.6 Å². The third kappa shape index (κ3) is 4.95. The van der Waals surface area contributed by atoms with Crippen LogP contribution in [0.1, 0.15) is 26.5 Å². The molecule has 1 aromatic heterocycles. The van der Waals surface area contributed by atoms with Crippen LogP contribution in [0.15, 0.2) is 52.9 Å². The molecule has 148 valence electrons. The van der Waals surface area contributed by atoms with E-state index in [0.717, 1.165) is 5.56 Å². The number of carbonyl (C=O) groups excluding carboxylic acids is 1. The molecule has 0 saturated carbocycles. The average molecular weight is 449 g/mol. The third-order valence-electron chi connectivity index (χ3n) is 3.98. The van der Waals surface area contributed by atoms with Crippen molar-refractivity contribution in [2.24, 2.45) is 0 Å². The van der Waals surface area contributed by atoms with E-state index >= 15 is 0 Å². The van der Waals surface area contributed by atoms with Gasteiger partial charge >= 0.3 is 5.97 Å². The van der Waals surface area contributed by atoms with Gasteiger partial charge in [-0.05, 0) is 67.2 Å². The first-order valence-corrected chi connectivity index (χ1v) is 9.42. The molecule has 3 rings (SSSR count). The zero-order valence-corrected chi connectivity index (χ0v) is 17.3. The summed E-state index contributed by atoms with van der Waals surface area (Å²) in [5.74, 6) is -1.23. The zero-order valence-electron chi connectivity index (χ0n) is 15.0. The van der Waals surface area contributed by atoms with Crippen LogP contribution in [0.2, 0.25) is 10.0 Å². The number of aromatic carboxylic acids is 1. The predicted octanol–water partition coefficient (Wildman–Crippen LogP) is 5.39. The van der Waals surface area contributed by atoms with Gasteiger partial charge in [-0.1, -0.05) is 29.3 Å². The molecule has 0 fully saturated rings. The number of benzene rings is 2. The van der Waals surface area contributed by atoms with Crippen molar-refractivity contribution in [3.05, 3.63) is 75.5 Å². The van der Waals surface area contributed by atoms with Gasteiger partial charge in [-0.3, -0.25) is 10.1 Å². The Morgan fingerprint density at radius 3 is 2.55 bits per heavy atom. The Kier molecular flexibility index (Phi) is 6.22. The SMILES string of the molecule is Cc1ccc(C(=O)O)cc1NC(=S)NC(=O)c1ccc(-c2cc(Cl)ccc2Cl)o1. The van der Waals surface area contributed by atoms with Crippen LogP contribution < -0.4 is 10.6 Å². The Hall–Kier alpha value is -2.87. The summed E-state index contributed by atoms with van der Waals surface area (Å²) in [5.41, 5.74) is 1.89. The lowest BCUT2D eigenvalue weighted by molar-refractivity contribution is 0.0696. The summed E-state index contributed by atoms with van der Waals surface area (Å²) in [4.78, 5) is 23.5. The Morgan fingerprint density at radius 2 is 1.83 bits per heavy atom. The maximum absolute atomic E-state index is 12.4. The molecule has 0 unspecified atom stereocenters. The fraction of sp³-hybridized carbons (Fsp3) is 0.0500. The van der Waals surface area contributed by atoms with Gasteiger partial charge in [0.25, 0.3) is 5.91 Å². The summed E-state index contributed by atoms with van der Waals surface area (Å²) in [6.45, 7) is 1.78. The summed E-state index contributed by atoms with van der Waals surface area (Å²) < 4.78 is 5.57. The fourth-order valence-corrected chi connectivity index (χ4v) is 3.08. The Morgan fingerprint density at radius 1 is 1.07 bits per heavy atom. The van der Waals surface area contributed by atoms with Crippen molar-refractivity contribution in [2.45, 2.75) is 6.92 Å². The van der Waals surface area contributed by atoms with Crippen LogP contribution in [-0.2, 0) is 0 Å². The maximum atomic E-state index is 12.4. The van der Waals surface area contributed by atoms with Crippen molar-refractivity contribution < 1.29 is 19.1 Å². The highest BCUT2D eigenvalue weighted by molar-refractivity contribution is 7.80. The number of rotatable bonds is 4. The number of anilines is 1. The second kappa shape index (κ2) is 8.65.